The summed E-state index contributed by atoms with van der Waals surface area (Å²) < 4.78 is 10.6. The van der Waals surface area contributed by atoms with Crippen LogP contribution in [0.2, 0.25) is 0 Å². The summed E-state index contributed by atoms with van der Waals surface area (Å²) in [6.07, 6.45) is 5.01. The number of nitrogens with zero attached hydrogens (tertiary/aromatic N) is 1. The maximum atomic E-state index is 12.3. The summed E-state index contributed by atoms with van der Waals surface area (Å²) in [4.78, 5) is 23.7. The highest BCUT2D eigenvalue weighted by Gasteiger charge is 2.11. The van der Waals surface area contributed by atoms with E-state index < -0.39 is 5.97 Å². The van der Waals surface area contributed by atoms with Gasteiger partial charge in [-0.25, -0.2) is 10.2 Å². The number of carbonyl (C=O) groups is 2. The van der Waals surface area contributed by atoms with E-state index in [-0.39, 0.29) is 5.91 Å². The third kappa shape index (κ3) is 5.21. The Kier molecular flexibility index (Phi) is 6.60. The van der Waals surface area contributed by atoms with E-state index in [1.807, 2.05) is 18.2 Å². The molecule has 1 amide bonds. The van der Waals surface area contributed by atoms with Crippen LogP contribution in [0.4, 0.5) is 0 Å². The van der Waals surface area contributed by atoms with Crippen molar-refractivity contribution in [2.75, 3.05) is 7.11 Å². The van der Waals surface area contributed by atoms with Gasteiger partial charge in [-0.15, -0.1) is 0 Å². The minimum Gasteiger partial charge on any atom is -0.489 e. The number of ether oxygens (including phenoxy) is 2. The molecule has 6 nitrogen and oxygen atoms in total. The molecule has 0 atom stereocenters. The lowest BCUT2D eigenvalue weighted by molar-refractivity contribution is 0.0600. The summed E-state index contributed by atoms with van der Waals surface area (Å²) in [5.41, 5.74) is 8.00. The molecule has 32 heavy (non-hydrogen) atoms. The van der Waals surface area contributed by atoms with Gasteiger partial charge < -0.3 is 9.47 Å². The standard InChI is InChI=1S/C26H24N2O4/c1-31-26(30)22-11-5-18(6-12-22)16-27-28-25(29)21-9-7-19(8-10-21)17-32-24-14-13-20-3-2-4-23(20)15-24/h5-16H,2-4,17H2,1H3,(H,28,29)/b27-16+. The Labute approximate surface area is 186 Å². The number of amides is 1. The first-order valence-corrected chi connectivity index (χ1v) is 10.5. The molecule has 3 aromatic rings. The number of rotatable bonds is 7. The second-order valence-corrected chi connectivity index (χ2v) is 7.58. The van der Waals surface area contributed by atoms with Crippen molar-refractivity contribution in [3.05, 3.63) is 100 Å². The van der Waals surface area contributed by atoms with Crippen LogP contribution < -0.4 is 10.2 Å². The molecule has 0 unspecified atom stereocenters. The van der Waals surface area contributed by atoms with E-state index in [9.17, 15) is 9.59 Å². The third-order valence-corrected chi connectivity index (χ3v) is 5.40. The first-order valence-electron chi connectivity index (χ1n) is 10.5. The normalized spacial score (nSPS) is 12.4. The van der Waals surface area contributed by atoms with Crippen molar-refractivity contribution in [2.24, 2.45) is 5.10 Å². The number of hydrogen-bond donors (Lipinski definition) is 1. The highest BCUT2D eigenvalue weighted by Crippen LogP contribution is 2.26. The van der Waals surface area contributed by atoms with Crippen molar-refractivity contribution in [1.29, 1.82) is 0 Å². The predicted octanol–water partition coefficient (Wildman–Crippen LogP) is 4.30. The molecule has 162 valence electrons. The van der Waals surface area contributed by atoms with Gasteiger partial charge in [0.2, 0.25) is 0 Å². The molecule has 0 saturated carbocycles. The molecule has 6 heteroatoms. The molecule has 1 N–H and O–H groups in total. The van der Waals surface area contributed by atoms with Gasteiger partial charge in [0, 0.05) is 5.56 Å². The molecular formula is C26H24N2O4. The van der Waals surface area contributed by atoms with Crippen LogP contribution in [-0.4, -0.2) is 25.2 Å². The van der Waals surface area contributed by atoms with Crippen LogP contribution in [0.15, 0.2) is 71.8 Å². The van der Waals surface area contributed by atoms with Gasteiger partial charge in [-0.05, 0) is 77.9 Å². The molecule has 0 aromatic heterocycles. The summed E-state index contributed by atoms with van der Waals surface area (Å²) in [6.45, 7) is 0.445. The molecule has 0 heterocycles. The average molecular weight is 428 g/mol. The van der Waals surface area contributed by atoms with E-state index in [2.05, 4.69) is 27.4 Å². The van der Waals surface area contributed by atoms with E-state index in [1.165, 1.54) is 30.9 Å². The second-order valence-electron chi connectivity index (χ2n) is 7.58. The zero-order valence-electron chi connectivity index (χ0n) is 17.8. The molecule has 1 aliphatic rings. The first-order chi connectivity index (χ1) is 15.6. The van der Waals surface area contributed by atoms with Crippen molar-refractivity contribution in [3.8, 4) is 5.75 Å². The number of esters is 1. The van der Waals surface area contributed by atoms with Crippen LogP contribution in [0.3, 0.4) is 0 Å². The summed E-state index contributed by atoms with van der Waals surface area (Å²) in [5.74, 6) is 0.169. The topological polar surface area (TPSA) is 77.0 Å². The van der Waals surface area contributed by atoms with Gasteiger partial charge >= 0.3 is 5.97 Å². The molecule has 0 bridgehead atoms. The zero-order valence-corrected chi connectivity index (χ0v) is 17.8. The number of methoxy groups -OCH3 is 1. The van der Waals surface area contributed by atoms with Crippen molar-refractivity contribution in [3.63, 3.8) is 0 Å². The molecule has 0 aliphatic heterocycles. The van der Waals surface area contributed by atoms with Crippen molar-refractivity contribution in [2.45, 2.75) is 25.9 Å². The van der Waals surface area contributed by atoms with Crippen molar-refractivity contribution in [1.82, 2.24) is 5.43 Å². The maximum absolute atomic E-state index is 12.3. The fourth-order valence-corrected chi connectivity index (χ4v) is 3.61. The average Bonchev–Trinajstić information content (AvgIpc) is 3.31. The molecule has 0 spiro atoms. The second kappa shape index (κ2) is 9.92. The Morgan fingerprint density at radius 1 is 0.938 bits per heavy atom. The number of carbonyl (C=O) groups excluding carboxylic acids is 2. The van der Waals surface area contributed by atoms with Crippen LogP contribution in [0.25, 0.3) is 0 Å². The summed E-state index contributed by atoms with van der Waals surface area (Å²) in [6, 6.07) is 20.3. The third-order valence-electron chi connectivity index (χ3n) is 5.40. The van der Waals surface area contributed by atoms with E-state index in [0.29, 0.717) is 17.7 Å². The minimum absolute atomic E-state index is 0.307. The predicted molar refractivity (Wildman–Crippen MR) is 122 cm³/mol. The molecule has 0 radical (unpaired) electrons. The van der Waals surface area contributed by atoms with E-state index in [0.717, 1.165) is 29.7 Å². The summed E-state index contributed by atoms with van der Waals surface area (Å²) >= 11 is 0. The lowest BCUT2D eigenvalue weighted by atomic mass is 10.1. The Bertz CT molecular complexity index is 1140. The number of hydrazone groups is 1. The monoisotopic (exact) mass is 428 g/mol. The van der Waals surface area contributed by atoms with Gasteiger partial charge in [0.1, 0.15) is 12.4 Å². The maximum Gasteiger partial charge on any atom is 0.337 e. The van der Waals surface area contributed by atoms with Crippen LogP contribution in [0.1, 0.15) is 49.4 Å². The SMILES string of the molecule is COC(=O)c1ccc(/C=N/NC(=O)c2ccc(COc3ccc4c(c3)CCC4)cc2)cc1. The quantitative estimate of drug-likeness (QED) is 0.346. The number of nitrogens with one attached hydrogen (secondary N) is 1. The van der Waals surface area contributed by atoms with E-state index in [4.69, 9.17) is 4.74 Å². The lowest BCUT2D eigenvalue weighted by Crippen LogP contribution is -2.17. The minimum atomic E-state index is -0.400. The highest BCUT2D eigenvalue weighted by molar-refractivity contribution is 5.95. The smallest absolute Gasteiger partial charge is 0.337 e. The summed E-state index contributed by atoms with van der Waals surface area (Å²) in [5, 5.41) is 3.97. The van der Waals surface area contributed by atoms with Gasteiger partial charge in [-0.3, -0.25) is 4.79 Å². The van der Waals surface area contributed by atoms with E-state index in [1.54, 1.807) is 36.4 Å². The molecule has 4 rings (SSSR count). The number of fused-ring (bicyclic) bond motifs is 1. The Balaban J connectivity index is 1.28. The Morgan fingerprint density at radius 2 is 1.66 bits per heavy atom. The Morgan fingerprint density at radius 3 is 2.41 bits per heavy atom. The Hall–Kier alpha value is -3.93. The van der Waals surface area contributed by atoms with Crippen LogP contribution >= 0.6 is 0 Å². The molecule has 1 aliphatic carbocycles. The van der Waals surface area contributed by atoms with Gasteiger partial charge in [0.25, 0.3) is 5.91 Å². The van der Waals surface area contributed by atoms with Gasteiger partial charge in [-0.2, -0.15) is 5.10 Å². The number of benzene rings is 3. The highest BCUT2D eigenvalue weighted by atomic mass is 16.5. The first kappa shape index (κ1) is 21.3. The van der Waals surface area contributed by atoms with Crippen LogP contribution in [-0.2, 0) is 24.2 Å². The van der Waals surface area contributed by atoms with Gasteiger partial charge in [0.15, 0.2) is 0 Å². The number of hydrogen-bond acceptors (Lipinski definition) is 5. The van der Waals surface area contributed by atoms with Gasteiger partial charge in [0.05, 0.1) is 18.9 Å². The van der Waals surface area contributed by atoms with E-state index >= 15 is 0 Å². The summed E-state index contributed by atoms with van der Waals surface area (Å²) in [7, 11) is 1.33. The lowest BCUT2D eigenvalue weighted by Gasteiger charge is -2.09. The molecular weight excluding hydrogens is 404 g/mol. The fourth-order valence-electron chi connectivity index (χ4n) is 3.61. The van der Waals surface area contributed by atoms with Gasteiger partial charge in [-0.1, -0.05) is 30.3 Å². The molecule has 0 saturated heterocycles. The molecule has 0 fully saturated rings. The molecule has 3 aromatic carbocycles. The van der Waals surface area contributed by atoms with Crippen molar-refractivity contribution < 1.29 is 19.1 Å². The zero-order chi connectivity index (χ0) is 22.3. The van der Waals surface area contributed by atoms with Crippen molar-refractivity contribution >= 4 is 18.1 Å². The van der Waals surface area contributed by atoms with Crippen LogP contribution in [0.5, 0.6) is 5.75 Å². The largest absolute Gasteiger partial charge is 0.489 e. The number of aryl methyl sites for hydroxylation is 2. The fraction of sp³-hybridized carbons (Fsp3) is 0.192. The van der Waals surface area contributed by atoms with Crippen LogP contribution in [0, 0.1) is 0 Å².